The number of rotatable bonds is 6. The molecule has 30 heavy (non-hydrogen) atoms. The van der Waals surface area contributed by atoms with Gasteiger partial charge in [-0.3, -0.25) is 9.59 Å². The van der Waals surface area contributed by atoms with Crippen LogP contribution < -0.4 is 0 Å². The van der Waals surface area contributed by atoms with Crippen molar-refractivity contribution in [3.8, 4) is 0 Å². The lowest BCUT2D eigenvalue weighted by Crippen LogP contribution is -2.47. The van der Waals surface area contributed by atoms with Crippen LogP contribution in [-0.4, -0.2) is 41.2 Å². The minimum absolute atomic E-state index is 0.0216. The molecule has 1 aliphatic carbocycles. The number of carbonyl (C=O) groups excluding carboxylic acids is 2. The van der Waals surface area contributed by atoms with Gasteiger partial charge in [-0.15, -0.1) is 17.9 Å². The fraction of sp³-hybridized carbons (Fsp3) is 0.440. The monoisotopic (exact) mass is 422 g/mol. The number of benzene rings is 1. The van der Waals surface area contributed by atoms with Gasteiger partial charge in [0.2, 0.25) is 11.8 Å². The average molecular weight is 423 g/mol. The molecule has 0 unspecified atom stereocenters. The minimum Gasteiger partial charge on any atom is -0.330 e. The Labute approximate surface area is 183 Å². The van der Waals surface area contributed by atoms with E-state index in [9.17, 15) is 9.59 Å². The SMILES string of the molecule is C=CCN(CC(=O)N1CCc2sccc2[C@@H]1c1ccccc1C)C(=O)C1CCCC1. The van der Waals surface area contributed by atoms with E-state index >= 15 is 0 Å². The summed E-state index contributed by atoms with van der Waals surface area (Å²) in [5.41, 5.74) is 3.58. The predicted octanol–water partition coefficient (Wildman–Crippen LogP) is 4.74. The first-order chi connectivity index (χ1) is 14.6. The quantitative estimate of drug-likeness (QED) is 0.631. The van der Waals surface area contributed by atoms with Crippen LogP contribution in [0.4, 0.5) is 0 Å². The Morgan fingerprint density at radius 2 is 1.97 bits per heavy atom. The van der Waals surface area contributed by atoms with Crippen molar-refractivity contribution < 1.29 is 9.59 Å². The second-order valence-electron chi connectivity index (χ2n) is 8.38. The fourth-order valence-electron chi connectivity index (χ4n) is 4.89. The molecule has 5 heteroatoms. The lowest BCUT2D eigenvalue weighted by atomic mass is 9.90. The molecule has 1 atom stereocenters. The molecule has 4 nitrogen and oxygen atoms in total. The summed E-state index contributed by atoms with van der Waals surface area (Å²) in [6, 6.07) is 10.4. The van der Waals surface area contributed by atoms with Gasteiger partial charge in [0.05, 0.1) is 6.04 Å². The maximum absolute atomic E-state index is 13.5. The third-order valence-electron chi connectivity index (χ3n) is 6.46. The number of hydrogen-bond acceptors (Lipinski definition) is 3. The molecule has 158 valence electrons. The summed E-state index contributed by atoms with van der Waals surface area (Å²) >= 11 is 1.77. The highest BCUT2D eigenvalue weighted by atomic mass is 32.1. The second-order valence-corrected chi connectivity index (χ2v) is 9.38. The highest BCUT2D eigenvalue weighted by Gasteiger charge is 2.35. The molecule has 0 bridgehead atoms. The Balaban J connectivity index is 1.60. The third-order valence-corrected chi connectivity index (χ3v) is 7.46. The van der Waals surface area contributed by atoms with Crippen molar-refractivity contribution in [1.29, 1.82) is 0 Å². The first-order valence-electron chi connectivity index (χ1n) is 10.9. The van der Waals surface area contributed by atoms with E-state index in [0.717, 1.165) is 32.1 Å². The largest absolute Gasteiger partial charge is 0.330 e. The molecule has 1 aromatic carbocycles. The van der Waals surface area contributed by atoms with Crippen LogP contribution in [0.15, 0.2) is 48.4 Å². The van der Waals surface area contributed by atoms with Gasteiger partial charge >= 0.3 is 0 Å². The van der Waals surface area contributed by atoms with Gasteiger partial charge in [0.25, 0.3) is 0 Å². The molecule has 1 fully saturated rings. The van der Waals surface area contributed by atoms with E-state index in [1.807, 2.05) is 17.0 Å². The molecule has 2 heterocycles. The maximum Gasteiger partial charge on any atom is 0.243 e. The van der Waals surface area contributed by atoms with E-state index in [1.54, 1.807) is 22.3 Å². The van der Waals surface area contributed by atoms with Crippen molar-refractivity contribution in [2.24, 2.45) is 5.92 Å². The molecule has 1 aromatic heterocycles. The zero-order valence-corrected chi connectivity index (χ0v) is 18.5. The van der Waals surface area contributed by atoms with Gasteiger partial charge < -0.3 is 9.80 Å². The van der Waals surface area contributed by atoms with Crippen molar-refractivity contribution in [2.75, 3.05) is 19.6 Å². The molecule has 1 aliphatic heterocycles. The summed E-state index contributed by atoms with van der Waals surface area (Å²) in [4.78, 5) is 31.6. The Morgan fingerprint density at radius 3 is 2.70 bits per heavy atom. The lowest BCUT2D eigenvalue weighted by Gasteiger charge is -2.38. The fourth-order valence-corrected chi connectivity index (χ4v) is 5.79. The van der Waals surface area contributed by atoms with Crippen LogP contribution in [-0.2, 0) is 16.0 Å². The van der Waals surface area contributed by atoms with E-state index in [4.69, 9.17) is 0 Å². The van der Waals surface area contributed by atoms with Crippen molar-refractivity contribution in [2.45, 2.75) is 45.1 Å². The summed E-state index contributed by atoms with van der Waals surface area (Å²) in [6.45, 7) is 7.15. The van der Waals surface area contributed by atoms with Crippen LogP contribution in [0.25, 0.3) is 0 Å². The van der Waals surface area contributed by atoms with Crippen LogP contribution in [0.5, 0.6) is 0 Å². The molecule has 0 N–H and O–H groups in total. The third kappa shape index (κ3) is 4.08. The van der Waals surface area contributed by atoms with Gasteiger partial charge in [0, 0.05) is 23.9 Å². The molecule has 2 aliphatic rings. The Bertz CT molecular complexity index is 929. The van der Waals surface area contributed by atoms with E-state index in [1.165, 1.54) is 21.6 Å². The number of nitrogens with zero attached hydrogens (tertiary/aromatic N) is 2. The molecule has 2 amide bonds. The van der Waals surface area contributed by atoms with E-state index < -0.39 is 0 Å². The molecule has 4 rings (SSSR count). The summed E-state index contributed by atoms with van der Waals surface area (Å²) in [7, 11) is 0. The van der Waals surface area contributed by atoms with E-state index in [0.29, 0.717) is 13.1 Å². The smallest absolute Gasteiger partial charge is 0.243 e. The number of hydrogen-bond donors (Lipinski definition) is 0. The van der Waals surface area contributed by atoms with Crippen molar-refractivity contribution in [3.63, 3.8) is 0 Å². The average Bonchev–Trinajstić information content (AvgIpc) is 3.44. The van der Waals surface area contributed by atoms with Crippen molar-refractivity contribution in [1.82, 2.24) is 9.80 Å². The van der Waals surface area contributed by atoms with Gasteiger partial charge in [-0.1, -0.05) is 43.2 Å². The number of aryl methyl sites for hydroxylation is 1. The van der Waals surface area contributed by atoms with Gasteiger partial charge in [-0.2, -0.15) is 0 Å². The molecule has 0 radical (unpaired) electrons. The van der Waals surface area contributed by atoms with Gasteiger partial charge in [0.15, 0.2) is 0 Å². The highest BCUT2D eigenvalue weighted by Crippen LogP contribution is 2.39. The Hall–Kier alpha value is -2.40. The molecule has 1 saturated carbocycles. The summed E-state index contributed by atoms with van der Waals surface area (Å²) in [5, 5.41) is 2.12. The zero-order chi connectivity index (χ0) is 21.1. The lowest BCUT2D eigenvalue weighted by molar-refractivity contribution is -0.143. The summed E-state index contributed by atoms with van der Waals surface area (Å²) in [6.07, 6.45) is 6.69. The van der Waals surface area contributed by atoms with Crippen LogP contribution in [0.1, 0.15) is 53.3 Å². The molecular weight excluding hydrogens is 392 g/mol. The van der Waals surface area contributed by atoms with Crippen molar-refractivity contribution in [3.05, 3.63) is 69.9 Å². The number of fused-ring (bicyclic) bond motifs is 1. The minimum atomic E-state index is -0.0825. The number of thiophene rings is 1. The van der Waals surface area contributed by atoms with Crippen molar-refractivity contribution >= 4 is 23.2 Å². The van der Waals surface area contributed by atoms with E-state index in [2.05, 4.69) is 37.1 Å². The molecule has 0 spiro atoms. The molecule has 0 saturated heterocycles. The van der Waals surface area contributed by atoms with Crippen LogP contribution in [0.2, 0.25) is 0 Å². The maximum atomic E-state index is 13.5. The molecule has 2 aromatic rings. The van der Waals surface area contributed by atoms with Gasteiger partial charge in [-0.05, 0) is 54.3 Å². The van der Waals surface area contributed by atoms with Crippen LogP contribution in [0, 0.1) is 12.8 Å². The predicted molar refractivity (Wildman–Crippen MR) is 121 cm³/mol. The normalized spacial score (nSPS) is 18.8. The van der Waals surface area contributed by atoms with Crippen LogP contribution >= 0.6 is 11.3 Å². The second kappa shape index (κ2) is 9.17. The van der Waals surface area contributed by atoms with Crippen LogP contribution in [0.3, 0.4) is 0 Å². The first kappa shape index (κ1) is 20.9. The summed E-state index contributed by atoms with van der Waals surface area (Å²) in [5.74, 6) is 0.199. The zero-order valence-electron chi connectivity index (χ0n) is 17.7. The highest BCUT2D eigenvalue weighted by molar-refractivity contribution is 7.10. The standard InChI is InChI=1S/C25H30N2O2S/c1-3-14-26(25(29)19-9-5-6-10-19)17-23(28)27-15-12-22-21(13-16-30-22)24(27)20-11-7-4-8-18(20)2/h3-4,7-8,11,13,16,19,24H,1,5-6,9-10,12,14-15,17H2,2H3/t24-/m0/s1. The van der Waals surface area contributed by atoms with Gasteiger partial charge in [-0.25, -0.2) is 0 Å². The first-order valence-corrected chi connectivity index (χ1v) is 11.8. The molecular formula is C25H30N2O2S. The van der Waals surface area contributed by atoms with Gasteiger partial charge in [0.1, 0.15) is 6.54 Å². The number of carbonyl (C=O) groups is 2. The van der Waals surface area contributed by atoms with E-state index in [-0.39, 0.29) is 30.3 Å². The summed E-state index contributed by atoms with van der Waals surface area (Å²) < 4.78 is 0. The Kier molecular flexibility index (Phi) is 6.38. The topological polar surface area (TPSA) is 40.6 Å². The number of amides is 2. The Morgan fingerprint density at radius 1 is 1.20 bits per heavy atom.